The highest BCUT2D eigenvalue weighted by molar-refractivity contribution is 5.84. The summed E-state index contributed by atoms with van der Waals surface area (Å²) < 4.78 is 5.13. The lowest BCUT2D eigenvalue weighted by Gasteiger charge is -2.15. The van der Waals surface area contributed by atoms with Crippen molar-refractivity contribution < 1.29 is 19.4 Å². The largest absolute Gasteiger partial charge is 0.475 e. The molecule has 0 aliphatic rings. The summed E-state index contributed by atoms with van der Waals surface area (Å²) in [5, 5.41) is 21.2. The fourth-order valence-corrected chi connectivity index (χ4v) is 1.78. The zero-order valence-electron chi connectivity index (χ0n) is 10.2. The summed E-state index contributed by atoms with van der Waals surface area (Å²) in [5.74, 6) is -0.656. The van der Waals surface area contributed by atoms with Gasteiger partial charge in [0, 0.05) is 0 Å². The normalized spacial score (nSPS) is 12.3. The molecule has 5 heteroatoms. The van der Waals surface area contributed by atoms with E-state index in [1.807, 2.05) is 30.3 Å². The minimum Gasteiger partial charge on any atom is -0.475 e. The van der Waals surface area contributed by atoms with Crippen molar-refractivity contribution in [1.29, 1.82) is 0 Å². The first-order valence-electron chi connectivity index (χ1n) is 5.92. The second-order valence-corrected chi connectivity index (χ2v) is 4.10. The van der Waals surface area contributed by atoms with E-state index in [4.69, 9.17) is 9.52 Å². The van der Waals surface area contributed by atoms with E-state index in [0.717, 1.165) is 5.56 Å². The summed E-state index contributed by atoms with van der Waals surface area (Å²) in [5.41, 5.74) is 0.968. The summed E-state index contributed by atoms with van der Waals surface area (Å²) in [4.78, 5) is 10.7. The summed E-state index contributed by atoms with van der Waals surface area (Å²) >= 11 is 0. The van der Waals surface area contributed by atoms with Gasteiger partial charge in [-0.25, -0.2) is 4.79 Å². The van der Waals surface area contributed by atoms with Crippen LogP contribution in [0.3, 0.4) is 0 Å². The Morgan fingerprint density at radius 3 is 2.53 bits per heavy atom. The molecule has 0 aliphatic carbocycles. The van der Waals surface area contributed by atoms with Gasteiger partial charge < -0.3 is 19.9 Å². The monoisotopic (exact) mass is 261 g/mol. The number of carbonyl (C=O) groups is 1. The zero-order valence-corrected chi connectivity index (χ0v) is 10.2. The average molecular weight is 261 g/mol. The van der Waals surface area contributed by atoms with Crippen molar-refractivity contribution in [2.75, 3.05) is 6.61 Å². The summed E-state index contributed by atoms with van der Waals surface area (Å²) in [7, 11) is 0. The zero-order chi connectivity index (χ0) is 13.7. The predicted octanol–water partition coefficient (Wildman–Crippen LogP) is 1.80. The van der Waals surface area contributed by atoms with E-state index >= 15 is 0 Å². The first-order chi connectivity index (χ1) is 9.20. The van der Waals surface area contributed by atoms with Gasteiger partial charge in [-0.3, -0.25) is 0 Å². The van der Waals surface area contributed by atoms with Crippen LogP contribution in [0.1, 0.15) is 27.9 Å². The number of rotatable bonds is 6. The van der Waals surface area contributed by atoms with Gasteiger partial charge in [0.15, 0.2) is 0 Å². The fourth-order valence-electron chi connectivity index (χ4n) is 1.78. The molecule has 19 heavy (non-hydrogen) atoms. The molecule has 1 heterocycles. The van der Waals surface area contributed by atoms with Crippen molar-refractivity contribution in [3.05, 3.63) is 59.5 Å². The number of aliphatic hydroxyl groups excluding tert-OH is 1. The molecule has 1 aromatic carbocycles. The van der Waals surface area contributed by atoms with Gasteiger partial charge in [0.1, 0.15) is 5.76 Å². The van der Waals surface area contributed by atoms with Crippen LogP contribution in [0, 0.1) is 0 Å². The molecule has 2 rings (SSSR count). The van der Waals surface area contributed by atoms with Crippen molar-refractivity contribution in [3.63, 3.8) is 0 Å². The standard InChI is InChI=1S/C14H15NO4/c16-9-12(10-4-2-1-3-5-10)15-8-11-6-7-13(19-11)14(17)18/h1-7,12,15-16H,8-9H2,(H,17,18)/t12-/m1/s1. The van der Waals surface area contributed by atoms with Crippen LogP contribution in [0.4, 0.5) is 0 Å². The number of aromatic carboxylic acids is 1. The van der Waals surface area contributed by atoms with E-state index in [2.05, 4.69) is 5.32 Å². The van der Waals surface area contributed by atoms with Crippen LogP contribution in [0.15, 0.2) is 46.9 Å². The highest BCUT2D eigenvalue weighted by atomic mass is 16.4. The Bertz CT molecular complexity index is 535. The number of furan rings is 1. The average Bonchev–Trinajstić information content (AvgIpc) is 2.90. The van der Waals surface area contributed by atoms with Crippen molar-refractivity contribution in [3.8, 4) is 0 Å². The molecular formula is C14H15NO4. The Kier molecular flexibility index (Phi) is 4.33. The van der Waals surface area contributed by atoms with Crippen LogP contribution in [0.5, 0.6) is 0 Å². The molecule has 0 spiro atoms. The Morgan fingerprint density at radius 2 is 1.95 bits per heavy atom. The van der Waals surface area contributed by atoms with Gasteiger partial charge in [0.05, 0.1) is 19.2 Å². The Labute approximate surface area is 110 Å². The molecule has 0 radical (unpaired) electrons. The molecule has 0 unspecified atom stereocenters. The third-order valence-electron chi connectivity index (χ3n) is 2.78. The highest BCUT2D eigenvalue weighted by Gasteiger charge is 2.12. The van der Waals surface area contributed by atoms with Crippen LogP contribution in [0.2, 0.25) is 0 Å². The van der Waals surface area contributed by atoms with E-state index in [-0.39, 0.29) is 18.4 Å². The molecule has 0 bridgehead atoms. The van der Waals surface area contributed by atoms with Gasteiger partial charge in [-0.2, -0.15) is 0 Å². The highest BCUT2D eigenvalue weighted by Crippen LogP contribution is 2.14. The summed E-state index contributed by atoms with van der Waals surface area (Å²) in [6, 6.07) is 12.3. The number of aliphatic hydroxyl groups is 1. The van der Waals surface area contributed by atoms with Gasteiger partial charge in [-0.15, -0.1) is 0 Å². The van der Waals surface area contributed by atoms with Gasteiger partial charge >= 0.3 is 5.97 Å². The molecule has 3 N–H and O–H groups in total. The Balaban J connectivity index is 1.98. The quantitative estimate of drug-likeness (QED) is 0.738. The topological polar surface area (TPSA) is 82.7 Å². The number of carboxylic acid groups (broad SMARTS) is 1. The number of benzene rings is 1. The molecule has 0 saturated carbocycles. The van der Waals surface area contributed by atoms with Crippen molar-refractivity contribution >= 4 is 5.97 Å². The van der Waals surface area contributed by atoms with E-state index in [0.29, 0.717) is 12.3 Å². The first-order valence-corrected chi connectivity index (χ1v) is 5.92. The summed E-state index contributed by atoms with van der Waals surface area (Å²) in [6.07, 6.45) is 0. The van der Waals surface area contributed by atoms with Crippen LogP contribution in [0.25, 0.3) is 0 Å². The lowest BCUT2D eigenvalue weighted by atomic mass is 10.1. The number of carboxylic acids is 1. The molecule has 1 aromatic heterocycles. The lowest BCUT2D eigenvalue weighted by molar-refractivity contribution is 0.0660. The number of hydrogen-bond acceptors (Lipinski definition) is 4. The molecule has 100 valence electrons. The molecule has 2 aromatic rings. The second-order valence-electron chi connectivity index (χ2n) is 4.10. The molecule has 0 amide bonds. The Morgan fingerprint density at radius 1 is 1.21 bits per heavy atom. The third kappa shape index (κ3) is 3.43. The van der Waals surface area contributed by atoms with Crippen LogP contribution in [-0.2, 0) is 6.54 Å². The van der Waals surface area contributed by atoms with Crippen LogP contribution >= 0.6 is 0 Å². The molecule has 5 nitrogen and oxygen atoms in total. The van der Waals surface area contributed by atoms with Crippen LogP contribution in [-0.4, -0.2) is 22.8 Å². The fraction of sp³-hybridized carbons (Fsp3) is 0.214. The molecular weight excluding hydrogens is 246 g/mol. The molecule has 1 atom stereocenters. The van der Waals surface area contributed by atoms with Gasteiger partial charge in [-0.05, 0) is 17.7 Å². The number of nitrogens with one attached hydrogen (secondary N) is 1. The SMILES string of the molecule is O=C(O)c1ccc(CN[C@H](CO)c2ccccc2)o1. The lowest BCUT2D eigenvalue weighted by Crippen LogP contribution is -2.23. The minimum atomic E-state index is -1.09. The van der Waals surface area contributed by atoms with Crippen molar-refractivity contribution in [2.45, 2.75) is 12.6 Å². The first kappa shape index (κ1) is 13.3. The predicted molar refractivity (Wildman–Crippen MR) is 68.8 cm³/mol. The maximum absolute atomic E-state index is 10.7. The molecule has 0 saturated heterocycles. The van der Waals surface area contributed by atoms with E-state index < -0.39 is 5.97 Å². The van der Waals surface area contributed by atoms with Crippen molar-refractivity contribution in [2.24, 2.45) is 0 Å². The third-order valence-corrected chi connectivity index (χ3v) is 2.78. The second kappa shape index (κ2) is 6.17. The van der Waals surface area contributed by atoms with Gasteiger partial charge in [-0.1, -0.05) is 30.3 Å². The molecule has 0 fully saturated rings. The van der Waals surface area contributed by atoms with Gasteiger partial charge in [0.25, 0.3) is 0 Å². The maximum Gasteiger partial charge on any atom is 0.371 e. The maximum atomic E-state index is 10.7. The van der Waals surface area contributed by atoms with E-state index in [1.54, 1.807) is 6.07 Å². The smallest absolute Gasteiger partial charge is 0.371 e. The number of hydrogen-bond donors (Lipinski definition) is 3. The van der Waals surface area contributed by atoms with Crippen molar-refractivity contribution in [1.82, 2.24) is 5.32 Å². The van der Waals surface area contributed by atoms with Gasteiger partial charge in [0.2, 0.25) is 5.76 Å². The van der Waals surface area contributed by atoms with E-state index in [1.165, 1.54) is 6.07 Å². The summed E-state index contributed by atoms with van der Waals surface area (Å²) in [6.45, 7) is 0.309. The van der Waals surface area contributed by atoms with E-state index in [9.17, 15) is 9.90 Å². The Hall–Kier alpha value is -2.11. The van der Waals surface area contributed by atoms with Crippen LogP contribution < -0.4 is 5.32 Å². The minimum absolute atomic E-state index is 0.0451. The molecule has 0 aliphatic heterocycles.